The fourth-order valence-electron chi connectivity index (χ4n) is 2.81. The predicted octanol–water partition coefficient (Wildman–Crippen LogP) is 2.88. The molecule has 2 rings (SSSR count). The topological polar surface area (TPSA) is 50.8 Å². The van der Waals surface area contributed by atoms with Crippen LogP contribution >= 0.6 is 0 Å². The van der Waals surface area contributed by atoms with Crippen LogP contribution < -0.4 is 14.8 Å². The van der Waals surface area contributed by atoms with Crippen molar-refractivity contribution >= 4 is 12.0 Å². The highest BCUT2D eigenvalue weighted by Crippen LogP contribution is 2.28. The van der Waals surface area contributed by atoms with Gasteiger partial charge in [0.05, 0.1) is 7.11 Å². The molecule has 1 heterocycles. The Morgan fingerprint density at radius 3 is 2.80 bits per heavy atom. The predicted molar refractivity (Wildman–Crippen MR) is 101 cm³/mol. The summed E-state index contributed by atoms with van der Waals surface area (Å²) in [5.74, 6) is 1.21. The monoisotopic (exact) mass is 344 g/mol. The van der Waals surface area contributed by atoms with Crippen LogP contribution in [-0.2, 0) is 4.79 Å². The Bertz CT molecular complexity index is 593. The van der Waals surface area contributed by atoms with Gasteiger partial charge in [0.15, 0.2) is 11.5 Å². The van der Waals surface area contributed by atoms with Gasteiger partial charge in [-0.3, -0.25) is 4.79 Å². The second kappa shape index (κ2) is 10.6. The molecule has 5 nitrogen and oxygen atoms in total. The Balaban J connectivity index is 1.81. The highest BCUT2D eigenvalue weighted by atomic mass is 16.5. The number of benzene rings is 1. The lowest BCUT2D eigenvalue weighted by Gasteiger charge is -2.26. The number of hydrogen-bond donors (Lipinski definition) is 1. The molecule has 0 unspecified atom stereocenters. The van der Waals surface area contributed by atoms with Gasteiger partial charge in [-0.05, 0) is 49.7 Å². The molecule has 1 aliphatic heterocycles. The number of methoxy groups -OCH3 is 1. The van der Waals surface area contributed by atoms with E-state index < -0.39 is 0 Å². The van der Waals surface area contributed by atoms with Gasteiger partial charge in [-0.2, -0.15) is 0 Å². The second-order valence-corrected chi connectivity index (χ2v) is 6.04. The highest BCUT2D eigenvalue weighted by Gasteiger charge is 2.09. The molecule has 1 aromatic carbocycles. The van der Waals surface area contributed by atoms with Crippen molar-refractivity contribution in [2.24, 2.45) is 0 Å². The Hall–Kier alpha value is -2.27. The number of carbonyl (C=O) groups excluding carboxylic acids is 1. The molecular formula is C20H28N2O3. The van der Waals surface area contributed by atoms with E-state index in [-0.39, 0.29) is 5.91 Å². The number of piperidine rings is 1. The zero-order valence-electron chi connectivity index (χ0n) is 15.0. The van der Waals surface area contributed by atoms with Gasteiger partial charge in [0, 0.05) is 19.2 Å². The molecule has 1 amide bonds. The molecule has 0 atom stereocenters. The van der Waals surface area contributed by atoms with E-state index in [0.29, 0.717) is 24.7 Å². The van der Waals surface area contributed by atoms with Crippen molar-refractivity contribution in [1.29, 1.82) is 0 Å². The third-order valence-corrected chi connectivity index (χ3v) is 4.15. The van der Waals surface area contributed by atoms with E-state index in [0.717, 1.165) is 25.2 Å². The first-order valence-electron chi connectivity index (χ1n) is 8.83. The Morgan fingerprint density at radius 1 is 1.28 bits per heavy atom. The number of ether oxygens (including phenoxy) is 2. The average molecular weight is 344 g/mol. The maximum atomic E-state index is 11.9. The van der Waals surface area contributed by atoms with Gasteiger partial charge in [-0.25, -0.2) is 0 Å². The first-order valence-corrected chi connectivity index (χ1v) is 8.83. The minimum atomic E-state index is -0.0806. The molecule has 1 aromatic rings. The van der Waals surface area contributed by atoms with Gasteiger partial charge in [0.25, 0.3) is 0 Å². The number of rotatable bonds is 9. The molecule has 0 aromatic heterocycles. The minimum Gasteiger partial charge on any atom is -0.493 e. The van der Waals surface area contributed by atoms with Crippen LogP contribution in [0.1, 0.15) is 24.8 Å². The van der Waals surface area contributed by atoms with Gasteiger partial charge in [0.2, 0.25) is 5.91 Å². The zero-order valence-corrected chi connectivity index (χ0v) is 15.0. The molecule has 1 saturated heterocycles. The lowest BCUT2D eigenvalue weighted by molar-refractivity contribution is -0.116. The molecule has 5 heteroatoms. The van der Waals surface area contributed by atoms with Crippen molar-refractivity contribution < 1.29 is 14.3 Å². The summed E-state index contributed by atoms with van der Waals surface area (Å²) < 4.78 is 10.8. The first kappa shape index (κ1) is 19.1. The number of nitrogens with zero attached hydrogens (tertiary/aromatic N) is 1. The molecule has 25 heavy (non-hydrogen) atoms. The summed E-state index contributed by atoms with van der Waals surface area (Å²) in [5, 5.41) is 2.93. The van der Waals surface area contributed by atoms with Crippen molar-refractivity contribution in [2.75, 3.05) is 39.9 Å². The van der Waals surface area contributed by atoms with E-state index >= 15 is 0 Å². The third-order valence-electron chi connectivity index (χ3n) is 4.15. The van der Waals surface area contributed by atoms with E-state index in [1.54, 1.807) is 25.3 Å². The molecule has 0 saturated carbocycles. The van der Waals surface area contributed by atoms with Crippen molar-refractivity contribution in [3.05, 3.63) is 42.5 Å². The summed E-state index contributed by atoms with van der Waals surface area (Å²) in [6.07, 6.45) is 8.86. The first-order chi connectivity index (χ1) is 12.2. The van der Waals surface area contributed by atoms with E-state index in [2.05, 4.69) is 16.8 Å². The summed E-state index contributed by atoms with van der Waals surface area (Å²) in [6.45, 7) is 7.94. The highest BCUT2D eigenvalue weighted by molar-refractivity contribution is 5.91. The number of likely N-dealkylation sites (tertiary alicyclic amines) is 1. The van der Waals surface area contributed by atoms with Gasteiger partial charge in [-0.1, -0.05) is 25.1 Å². The lowest BCUT2D eigenvalue weighted by Crippen LogP contribution is -2.37. The summed E-state index contributed by atoms with van der Waals surface area (Å²) in [6, 6.07) is 5.56. The maximum absolute atomic E-state index is 11.9. The fourth-order valence-corrected chi connectivity index (χ4v) is 2.81. The van der Waals surface area contributed by atoms with Gasteiger partial charge in [-0.15, -0.1) is 0 Å². The standard InChI is InChI=1S/C20H28N2O3/c1-3-15-25-18-9-7-17(16-19(18)24-2)8-10-20(23)21-11-14-22-12-5-4-6-13-22/h3,7-10,16H,1,4-6,11-15H2,2H3,(H,21,23)/b10-8+. The number of nitrogens with one attached hydrogen (secondary N) is 1. The number of carbonyl (C=O) groups is 1. The molecule has 0 aliphatic carbocycles. The quantitative estimate of drug-likeness (QED) is 0.553. The van der Waals surface area contributed by atoms with E-state index in [1.807, 2.05) is 18.2 Å². The average Bonchev–Trinajstić information content (AvgIpc) is 2.65. The molecule has 1 aliphatic rings. The summed E-state index contributed by atoms with van der Waals surface area (Å²) >= 11 is 0. The Morgan fingerprint density at radius 2 is 2.08 bits per heavy atom. The van der Waals surface area contributed by atoms with Crippen LogP contribution in [0.4, 0.5) is 0 Å². The van der Waals surface area contributed by atoms with Crippen LogP contribution in [0.25, 0.3) is 6.08 Å². The normalized spacial score (nSPS) is 15.1. The Labute approximate surface area is 150 Å². The van der Waals surface area contributed by atoms with Crippen LogP contribution in [0.2, 0.25) is 0 Å². The largest absolute Gasteiger partial charge is 0.493 e. The molecule has 1 N–H and O–H groups in total. The number of amides is 1. The summed E-state index contributed by atoms with van der Waals surface area (Å²) in [4.78, 5) is 14.3. The molecule has 0 spiro atoms. The zero-order chi connectivity index (χ0) is 17.9. The molecule has 0 bridgehead atoms. The van der Waals surface area contributed by atoms with Crippen LogP contribution in [0.5, 0.6) is 11.5 Å². The maximum Gasteiger partial charge on any atom is 0.244 e. The van der Waals surface area contributed by atoms with Gasteiger partial charge in [0.1, 0.15) is 6.61 Å². The van der Waals surface area contributed by atoms with E-state index in [1.165, 1.54) is 19.3 Å². The smallest absolute Gasteiger partial charge is 0.244 e. The molecule has 1 fully saturated rings. The van der Waals surface area contributed by atoms with E-state index in [9.17, 15) is 4.79 Å². The second-order valence-electron chi connectivity index (χ2n) is 6.04. The lowest BCUT2D eigenvalue weighted by atomic mass is 10.1. The summed E-state index contributed by atoms with van der Waals surface area (Å²) in [7, 11) is 1.59. The SMILES string of the molecule is C=CCOc1ccc(/C=C/C(=O)NCCN2CCCCC2)cc1OC. The van der Waals surface area contributed by atoms with Crippen molar-refractivity contribution in [3.8, 4) is 11.5 Å². The van der Waals surface area contributed by atoms with Gasteiger partial charge < -0.3 is 19.7 Å². The van der Waals surface area contributed by atoms with Crippen LogP contribution in [0, 0.1) is 0 Å². The van der Waals surface area contributed by atoms with Crippen LogP contribution in [-0.4, -0.2) is 50.7 Å². The Kier molecular flexibility index (Phi) is 8.05. The van der Waals surface area contributed by atoms with Crippen molar-refractivity contribution in [2.45, 2.75) is 19.3 Å². The summed E-state index contributed by atoms with van der Waals surface area (Å²) in [5.41, 5.74) is 0.883. The van der Waals surface area contributed by atoms with Crippen molar-refractivity contribution in [1.82, 2.24) is 10.2 Å². The third kappa shape index (κ3) is 6.63. The van der Waals surface area contributed by atoms with Crippen LogP contribution in [0.3, 0.4) is 0 Å². The fraction of sp³-hybridized carbons (Fsp3) is 0.450. The van der Waals surface area contributed by atoms with E-state index in [4.69, 9.17) is 9.47 Å². The molecule has 136 valence electrons. The molecule has 0 radical (unpaired) electrons. The van der Waals surface area contributed by atoms with Crippen LogP contribution in [0.15, 0.2) is 36.9 Å². The van der Waals surface area contributed by atoms with Crippen molar-refractivity contribution in [3.63, 3.8) is 0 Å². The molecular weight excluding hydrogens is 316 g/mol. The number of hydrogen-bond acceptors (Lipinski definition) is 4. The minimum absolute atomic E-state index is 0.0806. The van der Waals surface area contributed by atoms with Gasteiger partial charge >= 0.3 is 0 Å².